The Hall–Kier alpha value is -2.94. The molecule has 3 heterocycles. The van der Waals surface area contributed by atoms with Gasteiger partial charge in [-0.2, -0.15) is 0 Å². The zero-order chi connectivity index (χ0) is 18.7. The molecule has 0 fully saturated rings. The highest BCUT2D eigenvalue weighted by Gasteiger charge is 2.15. The maximum absolute atomic E-state index is 12.4. The number of hydrogen-bond donors (Lipinski definition) is 3. The van der Waals surface area contributed by atoms with Crippen LogP contribution in [0, 0.1) is 6.92 Å². The summed E-state index contributed by atoms with van der Waals surface area (Å²) in [6, 6.07) is 1.54. The molecule has 8 nitrogen and oxygen atoms in total. The monoisotopic (exact) mass is 374 g/mol. The van der Waals surface area contributed by atoms with Crippen molar-refractivity contribution in [3.8, 4) is 0 Å². The van der Waals surface area contributed by atoms with Gasteiger partial charge >= 0.3 is 0 Å². The van der Waals surface area contributed by atoms with E-state index in [1.54, 1.807) is 18.4 Å². The van der Waals surface area contributed by atoms with Gasteiger partial charge in [-0.1, -0.05) is 0 Å². The largest absolute Gasteiger partial charge is 0.448 e. The number of hydrogen-bond acceptors (Lipinski definition) is 6. The Morgan fingerprint density at radius 1 is 1.38 bits per heavy atom. The number of oxazole rings is 1. The quantitative estimate of drug-likeness (QED) is 0.608. The lowest BCUT2D eigenvalue weighted by atomic mass is 10.2. The Bertz CT molecular complexity index is 1000. The van der Waals surface area contributed by atoms with E-state index in [1.165, 1.54) is 23.8 Å². The molecule has 3 rings (SSSR count). The Morgan fingerprint density at radius 3 is 2.92 bits per heavy atom. The zero-order valence-corrected chi connectivity index (χ0v) is 15.1. The van der Waals surface area contributed by atoms with Crippen LogP contribution in [0.15, 0.2) is 33.1 Å². The summed E-state index contributed by atoms with van der Waals surface area (Å²) >= 11 is 1.35. The van der Waals surface area contributed by atoms with Gasteiger partial charge < -0.3 is 20.0 Å². The number of aromatic nitrogens is 2. The van der Waals surface area contributed by atoms with Gasteiger partial charge in [-0.05, 0) is 24.8 Å². The number of nitrogens with zero attached hydrogens (tertiary/aromatic N) is 1. The van der Waals surface area contributed by atoms with Crippen molar-refractivity contribution >= 4 is 33.2 Å². The average molecular weight is 374 g/mol. The van der Waals surface area contributed by atoms with Crippen LogP contribution in [0.2, 0.25) is 0 Å². The first-order valence-corrected chi connectivity index (χ1v) is 8.93. The zero-order valence-electron chi connectivity index (χ0n) is 14.3. The Morgan fingerprint density at radius 2 is 2.19 bits per heavy atom. The molecule has 3 aromatic heterocycles. The van der Waals surface area contributed by atoms with Gasteiger partial charge in [0.2, 0.25) is 0 Å². The number of nitrogens with one attached hydrogen (secondary N) is 3. The number of carbonyl (C=O) groups excluding carboxylic acids is 2. The highest BCUT2D eigenvalue weighted by atomic mass is 32.1. The van der Waals surface area contributed by atoms with E-state index >= 15 is 0 Å². The molecule has 3 N–H and O–H groups in total. The molecule has 0 aromatic carbocycles. The predicted molar refractivity (Wildman–Crippen MR) is 97.6 cm³/mol. The molecule has 26 heavy (non-hydrogen) atoms. The molecule has 1 atom stereocenters. The van der Waals surface area contributed by atoms with E-state index in [1.807, 2.05) is 6.92 Å². The number of H-pyrrole nitrogens is 1. The van der Waals surface area contributed by atoms with Crippen LogP contribution in [0.4, 0.5) is 0 Å². The van der Waals surface area contributed by atoms with Crippen molar-refractivity contribution in [3.63, 3.8) is 0 Å². The van der Waals surface area contributed by atoms with Gasteiger partial charge in [0.25, 0.3) is 17.4 Å². The smallest absolute Gasteiger partial charge is 0.273 e. The highest BCUT2D eigenvalue weighted by molar-refractivity contribution is 7.17. The van der Waals surface area contributed by atoms with E-state index in [2.05, 4.69) is 20.6 Å². The van der Waals surface area contributed by atoms with E-state index < -0.39 is 0 Å². The third-order valence-corrected chi connectivity index (χ3v) is 4.79. The first-order valence-electron chi connectivity index (χ1n) is 8.06. The molecule has 0 bridgehead atoms. The molecule has 0 aliphatic rings. The maximum Gasteiger partial charge on any atom is 0.273 e. The van der Waals surface area contributed by atoms with Crippen molar-refractivity contribution in [1.82, 2.24) is 20.6 Å². The Balaban J connectivity index is 1.53. The third-order valence-electron chi connectivity index (χ3n) is 3.84. The van der Waals surface area contributed by atoms with Crippen LogP contribution < -0.4 is 16.2 Å². The molecule has 0 aliphatic heterocycles. The molecule has 3 aromatic rings. The lowest BCUT2D eigenvalue weighted by Gasteiger charge is -2.13. The summed E-state index contributed by atoms with van der Waals surface area (Å²) in [5.74, 6) is -0.156. The summed E-state index contributed by atoms with van der Waals surface area (Å²) in [6.45, 7) is 3.88. The molecule has 0 spiro atoms. The van der Waals surface area contributed by atoms with Gasteiger partial charge in [0.1, 0.15) is 6.26 Å². The maximum atomic E-state index is 12.4. The normalized spacial score (nSPS) is 12.1. The van der Waals surface area contributed by atoms with E-state index in [0.29, 0.717) is 34.5 Å². The topological polar surface area (TPSA) is 117 Å². The fourth-order valence-corrected chi connectivity index (χ4v) is 3.39. The molecule has 136 valence electrons. The van der Waals surface area contributed by atoms with Gasteiger partial charge in [0.15, 0.2) is 11.6 Å². The molecule has 1 unspecified atom stereocenters. The van der Waals surface area contributed by atoms with Crippen LogP contribution in [-0.2, 0) is 0 Å². The first-order chi connectivity index (χ1) is 12.5. The SMILES string of the molecule is Cc1nc(C(=O)NC(C)CCNC(=O)c2c[nH]c(=O)c3ccsc23)co1. The number of thiophene rings is 1. The fourth-order valence-electron chi connectivity index (χ4n) is 2.48. The summed E-state index contributed by atoms with van der Waals surface area (Å²) in [5.41, 5.74) is 0.452. The van der Waals surface area contributed by atoms with E-state index in [0.717, 1.165) is 0 Å². The van der Waals surface area contributed by atoms with Crippen LogP contribution in [0.5, 0.6) is 0 Å². The molecular weight excluding hydrogens is 356 g/mol. The molecule has 0 saturated carbocycles. The average Bonchev–Trinajstić information content (AvgIpc) is 3.24. The van der Waals surface area contributed by atoms with Crippen molar-refractivity contribution in [2.24, 2.45) is 0 Å². The summed E-state index contributed by atoms with van der Waals surface area (Å²) in [4.78, 5) is 42.6. The van der Waals surface area contributed by atoms with Gasteiger partial charge in [0, 0.05) is 25.7 Å². The van der Waals surface area contributed by atoms with Gasteiger partial charge in [-0.15, -0.1) is 11.3 Å². The van der Waals surface area contributed by atoms with Crippen LogP contribution >= 0.6 is 11.3 Å². The Kier molecular flexibility index (Phi) is 5.17. The van der Waals surface area contributed by atoms with Crippen LogP contribution in [0.25, 0.3) is 10.1 Å². The van der Waals surface area contributed by atoms with Crippen molar-refractivity contribution in [3.05, 3.63) is 51.4 Å². The van der Waals surface area contributed by atoms with Crippen molar-refractivity contribution in [1.29, 1.82) is 0 Å². The summed E-state index contributed by atoms with van der Waals surface area (Å²) in [5, 5.41) is 7.89. The number of rotatable bonds is 6. The summed E-state index contributed by atoms with van der Waals surface area (Å²) in [6.07, 6.45) is 3.28. The molecular formula is C17H18N4O4S. The number of pyridine rings is 1. The van der Waals surface area contributed by atoms with Crippen LogP contribution in [0.1, 0.15) is 40.1 Å². The Labute approximate surface area is 152 Å². The number of fused-ring (bicyclic) bond motifs is 1. The second-order valence-corrected chi connectivity index (χ2v) is 6.78. The molecule has 0 aliphatic carbocycles. The number of amides is 2. The van der Waals surface area contributed by atoms with Crippen LogP contribution in [0.3, 0.4) is 0 Å². The minimum atomic E-state index is -0.318. The van der Waals surface area contributed by atoms with Crippen LogP contribution in [-0.4, -0.2) is 34.4 Å². The minimum absolute atomic E-state index is 0.155. The van der Waals surface area contributed by atoms with E-state index in [-0.39, 0.29) is 29.1 Å². The number of aromatic amines is 1. The van der Waals surface area contributed by atoms with E-state index in [9.17, 15) is 14.4 Å². The second-order valence-electron chi connectivity index (χ2n) is 5.87. The van der Waals surface area contributed by atoms with Crippen molar-refractivity contribution < 1.29 is 14.0 Å². The number of carbonyl (C=O) groups is 2. The number of aryl methyl sites for hydroxylation is 1. The van der Waals surface area contributed by atoms with Crippen molar-refractivity contribution in [2.75, 3.05) is 6.54 Å². The van der Waals surface area contributed by atoms with E-state index in [4.69, 9.17) is 4.42 Å². The minimum Gasteiger partial charge on any atom is -0.448 e. The lowest BCUT2D eigenvalue weighted by Crippen LogP contribution is -2.36. The van der Waals surface area contributed by atoms with Gasteiger partial charge in [0.05, 0.1) is 15.6 Å². The molecule has 9 heteroatoms. The predicted octanol–water partition coefficient (Wildman–Crippen LogP) is 1.82. The van der Waals surface area contributed by atoms with Gasteiger partial charge in [-0.3, -0.25) is 14.4 Å². The highest BCUT2D eigenvalue weighted by Crippen LogP contribution is 2.20. The summed E-state index contributed by atoms with van der Waals surface area (Å²) in [7, 11) is 0. The molecule has 0 saturated heterocycles. The second kappa shape index (κ2) is 7.52. The standard InChI is InChI=1S/C17H18N4O4S/c1-9(20-17(24)13-8-25-10(2)21-13)3-5-18-16(23)12-7-19-15(22)11-4-6-26-14(11)12/h4,6-9H,3,5H2,1-2H3,(H,18,23)(H,19,22)(H,20,24). The molecule has 0 radical (unpaired) electrons. The summed E-state index contributed by atoms with van der Waals surface area (Å²) < 4.78 is 5.67. The van der Waals surface area contributed by atoms with Gasteiger partial charge in [-0.25, -0.2) is 4.98 Å². The lowest BCUT2D eigenvalue weighted by molar-refractivity contribution is 0.0932. The molecule has 2 amide bonds. The first kappa shape index (κ1) is 17.9. The fraction of sp³-hybridized carbons (Fsp3) is 0.294. The third kappa shape index (κ3) is 3.83. The van der Waals surface area contributed by atoms with Crippen molar-refractivity contribution in [2.45, 2.75) is 26.3 Å².